The number of anilines is 1. The number of amides is 1. The summed E-state index contributed by atoms with van der Waals surface area (Å²) < 4.78 is 0. The molecule has 4 nitrogen and oxygen atoms in total. The van der Waals surface area contributed by atoms with Crippen LogP contribution in [-0.4, -0.2) is 10.9 Å². The number of pyridine rings is 1. The van der Waals surface area contributed by atoms with Gasteiger partial charge in [-0.3, -0.25) is 9.59 Å². The lowest BCUT2D eigenvalue weighted by atomic mass is 10.1. The Balaban J connectivity index is 2.08. The van der Waals surface area contributed by atoms with Crippen molar-refractivity contribution in [1.82, 2.24) is 4.98 Å². The minimum Gasteiger partial charge on any atom is -0.362 e. The molecule has 0 saturated carbocycles. The molecule has 0 radical (unpaired) electrons. The first-order chi connectivity index (χ1) is 12.6. The van der Waals surface area contributed by atoms with Crippen LogP contribution in [0.3, 0.4) is 0 Å². The van der Waals surface area contributed by atoms with E-state index in [4.69, 9.17) is 0 Å². The van der Waals surface area contributed by atoms with E-state index < -0.39 is 0 Å². The van der Waals surface area contributed by atoms with Crippen molar-refractivity contribution in [3.05, 3.63) is 99.5 Å². The molecule has 26 heavy (non-hydrogen) atoms. The molecular weight excluding hydrogens is 324 g/mol. The van der Waals surface area contributed by atoms with Gasteiger partial charge in [0.1, 0.15) is 5.56 Å². The number of nitrogens with zero attached hydrogens (tertiary/aromatic N) is 1. The van der Waals surface area contributed by atoms with Gasteiger partial charge in [-0.15, -0.1) is 0 Å². The van der Waals surface area contributed by atoms with Gasteiger partial charge in [0, 0.05) is 23.1 Å². The molecule has 0 aliphatic heterocycles. The molecule has 1 aromatic heterocycles. The Labute approximate surface area is 153 Å². The Hall–Kier alpha value is -3.14. The normalized spacial score (nSPS) is 10.5. The first-order valence-corrected chi connectivity index (χ1v) is 8.73. The van der Waals surface area contributed by atoms with Crippen molar-refractivity contribution in [2.45, 2.75) is 26.8 Å². The molecule has 1 heterocycles. The Bertz CT molecular complexity index is 947. The highest BCUT2D eigenvalue weighted by atomic mass is 16.2. The van der Waals surface area contributed by atoms with Crippen LogP contribution in [0.4, 0.5) is 5.69 Å². The highest BCUT2D eigenvalue weighted by Gasteiger charge is 2.23. The lowest BCUT2D eigenvalue weighted by molar-refractivity contribution is 0.0982. The number of aromatic nitrogens is 1. The van der Waals surface area contributed by atoms with Crippen LogP contribution >= 0.6 is 0 Å². The van der Waals surface area contributed by atoms with Gasteiger partial charge >= 0.3 is 0 Å². The molecule has 0 atom stereocenters. The van der Waals surface area contributed by atoms with Crippen molar-refractivity contribution in [2.24, 2.45) is 0 Å². The summed E-state index contributed by atoms with van der Waals surface area (Å²) in [6.45, 7) is 4.17. The average molecular weight is 346 g/mol. The van der Waals surface area contributed by atoms with Crippen molar-refractivity contribution in [2.75, 3.05) is 4.90 Å². The maximum Gasteiger partial charge on any atom is 0.264 e. The van der Waals surface area contributed by atoms with Crippen LogP contribution in [0, 0.1) is 6.92 Å². The SMILES string of the molecule is CCc1[nH]c(C)cc(=O)c1C(=O)N(Cc1ccccc1)c1ccccc1. The van der Waals surface area contributed by atoms with E-state index in [1.54, 1.807) is 4.90 Å². The first-order valence-electron chi connectivity index (χ1n) is 8.73. The van der Waals surface area contributed by atoms with Gasteiger partial charge in [0.15, 0.2) is 5.43 Å². The smallest absolute Gasteiger partial charge is 0.264 e. The van der Waals surface area contributed by atoms with E-state index in [0.717, 1.165) is 16.9 Å². The van der Waals surface area contributed by atoms with Crippen LogP contribution in [0.2, 0.25) is 0 Å². The Morgan fingerprint density at radius 3 is 2.23 bits per heavy atom. The predicted molar refractivity (Wildman–Crippen MR) is 105 cm³/mol. The van der Waals surface area contributed by atoms with E-state index in [9.17, 15) is 9.59 Å². The quantitative estimate of drug-likeness (QED) is 0.756. The second-order valence-corrected chi connectivity index (χ2v) is 6.24. The van der Waals surface area contributed by atoms with Crippen molar-refractivity contribution in [1.29, 1.82) is 0 Å². The summed E-state index contributed by atoms with van der Waals surface area (Å²) in [4.78, 5) is 30.8. The zero-order valence-electron chi connectivity index (χ0n) is 15.0. The van der Waals surface area contributed by atoms with Gasteiger partial charge in [-0.1, -0.05) is 55.5 Å². The fraction of sp³-hybridized carbons (Fsp3) is 0.182. The summed E-state index contributed by atoms with van der Waals surface area (Å²) in [7, 11) is 0. The van der Waals surface area contributed by atoms with Crippen LogP contribution in [0.25, 0.3) is 0 Å². The molecule has 3 rings (SSSR count). The van der Waals surface area contributed by atoms with Gasteiger partial charge in [-0.2, -0.15) is 0 Å². The third-order valence-electron chi connectivity index (χ3n) is 4.31. The maximum atomic E-state index is 13.4. The van der Waals surface area contributed by atoms with Gasteiger partial charge < -0.3 is 9.88 Å². The summed E-state index contributed by atoms with van der Waals surface area (Å²) in [5.74, 6) is -0.279. The number of carbonyl (C=O) groups is 1. The van der Waals surface area contributed by atoms with Crippen molar-refractivity contribution >= 4 is 11.6 Å². The molecule has 1 N–H and O–H groups in total. The molecule has 0 aliphatic carbocycles. The van der Waals surface area contributed by atoms with Gasteiger partial charge in [0.25, 0.3) is 5.91 Å². The molecule has 0 unspecified atom stereocenters. The lowest BCUT2D eigenvalue weighted by Crippen LogP contribution is -2.35. The predicted octanol–water partition coefficient (Wildman–Crippen LogP) is 4.09. The molecule has 132 valence electrons. The molecule has 2 aromatic carbocycles. The number of aryl methyl sites for hydroxylation is 2. The van der Waals surface area contributed by atoms with Crippen LogP contribution < -0.4 is 10.3 Å². The number of aromatic amines is 1. The van der Waals surface area contributed by atoms with Crippen molar-refractivity contribution in [3.63, 3.8) is 0 Å². The van der Waals surface area contributed by atoms with E-state index >= 15 is 0 Å². The van der Waals surface area contributed by atoms with Crippen LogP contribution in [0.1, 0.15) is 34.2 Å². The monoisotopic (exact) mass is 346 g/mol. The molecule has 4 heteroatoms. The molecule has 0 bridgehead atoms. The summed E-state index contributed by atoms with van der Waals surface area (Å²) in [5.41, 5.74) is 3.19. The summed E-state index contributed by atoms with van der Waals surface area (Å²) in [5, 5.41) is 0. The molecule has 0 saturated heterocycles. The topological polar surface area (TPSA) is 53.2 Å². The first kappa shape index (κ1) is 17.7. The zero-order valence-corrected chi connectivity index (χ0v) is 15.0. The fourth-order valence-corrected chi connectivity index (χ4v) is 3.04. The number of hydrogen-bond acceptors (Lipinski definition) is 2. The second-order valence-electron chi connectivity index (χ2n) is 6.24. The number of rotatable bonds is 5. The standard InChI is InChI=1S/C22H22N2O2/c1-3-19-21(20(25)14-16(2)23-19)22(26)24(18-12-8-5-9-13-18)15-17-10-6-4-7-11-17/h4-14H,3,15H2,1-2H3,(H,23,25). The number of H-pyrrole nitrogens is 1. The van der Waals surface area contributed by atoms with E-state index in [0.29, 0.717) is 18.7 Å². The minimum atomic E-state index is -0.279. The maximum absolute atomic E-state index is 13.4. The van der Waals surface area contributed by atoms with E-state index in [2.05, 4.69) is 4.98 Å². The highest BCUT2D eigenvalue weighted by molar-refractivity contribution is 6.06. The van der Waals surface area contributed by atoms with Crippen LogP contribution in [-0.2, 0) is 13.0 Å². The third-order valence-corrected chi connectivity index (χ3v) is 4.31. The third kappa shape index (κ3) is 3.75. The molecule has 0 spiro atoms. The molecule has 0 aliphatic rings. The molecule has 1 amide bonds. The van der Waals surface area contributed by atoms with Gasteiger partial charge in [-0.05, 0) is 31.0 Å². The number of nitrogens with one attached hydrogen (secondary N) is 1. The Morgan fingerprint density at radius 1 is 1.00 bits per heavy atom. The highest BCUT2D eigenvalue weighted by Crippen LogP contribution is 2.20. The van der Waals surface area contributed by atoms with Gasteiger partial charge in [0.2, 0.25) is 0 Å². The van der Waals surface area contributed by atoms with E-state index in [1.165, 1.54) is 6.07 Å². The van der Waals surface area contributed by atoms with E-state index in [1.807, 2.05) is 74.5 Å². The number of benzene rings is 2. The van der Waals surface area contributed by atoms with Gasteiger partial charge in [-0.25, -0.2) is 0 Å². The largest absolute Gasteiger partial charge is 0.362 e. The van der Waals surface area contributed by atoms with Gasteiger partial charge in [0.05, 0.1) is 6.54 Å². The van der Waals surface area contributed by atoms with Crippen molar-refractivity contribution in [3.8, 4) is 0 Å². The molecule has 3 aromatic rings. The van der Waals surface area contributed by atoms with Crippen molar-refractivity contribution < 1.29 is 4.79 Å². The number of para-hydroxylation sites is 1. The fourth-order valence-electron chi connectivity index (χ4n) is 3.04. The number of carbonyl (C=O) groups excluding carboxylic acids is 1. The number of hydrogen-bond donors (Lipinski definition) is 1. The lowest BCUT2D eigenvalue weighted by Gasteiger charge is -2.24. The molecular formula is C22H22N2O2. The Kier molecular flexibility index (Phi) is 5.32. The summed E-state index contributed by atoms with van der Waals surface area (Å²) in [6.07, 6.45) is 0.589. The average Bonchev–Trinajstić information content (AvgIpc) is 2.66. The van der Waals surface area contributed by atoms with Crippen LogP contribution in [0.15, 0.2) is 71.5 Å². The second kappa shape index (κ2) is 7.83. The zero-order chi connectivity index (χ0) is 18.5. The minimum absolute atomic E-state index is 0.220. The summed E-state index contributed by atoms with van der Waals surface area (Å²) >= 11 is 0. The summed E-state index contributed by atoms with van der Waals surface area (Å²) in [6, 6.07) is 20.7. The van der Waals surface area contributed by atoms with E-state index in [-0.39, 0.29) is 16.9 Å². The van der Waals surface area contributed by atoms with Crippen LogP contribution in [0.5, 0.6) is 0 Å². The molecule has 0 fully saturated rings. The Morgan fingerprint density at radius 2 is 1.62 bits per heavy atom.